The third-order valence-corrected chi connectivity index (χ3v) is 8.06. The van der Waals surface area contributed by atoms with E-state index in [1.165, 1.54) is 30.6 Å². The number of nitrogens with zero attached hydrogens (tertiary/aromatic N) is 6. The van der Waals surface area contributed by atoms with E-state index >= 15 is 4.39 Å². The van der Waals surface area contributed by atoms with Crippen molar-refractivity contribution in [2.45, 2.75) is 63.7 Å². The lowest BCUT2D eigenvalue weighted by molar-refractivity contribution is -0.127. The van der Waals surface area contributed by atoms with Crippen LogP contribution in [0.4, 0.5) is 19.0 Å². The lowest BCUT2D eigenvalue weighted by atomic mass is 10.1. The number of halogens is 3. The summed E-state index contributed by atoms with van der Waals surface area (Å²) >= 11 is 0. The predicted molar refractivity (Wildman–Crippen MR) is 160 cm³/mol. The fourth-order valence-corrected chi connectivity index (χ4v) is 5.89. The molecule has 1 saturated carbocycles. The Morgan fingerprint density at radius 2 is 2.02 bits per heavy atom. The van der Waals surface area contributed by atoms with Gasteiger partial charge in [-0.05, 0) is 56.0 Å². The molecule has 2 aliphatic rings. The minimum Gasteiger partial charge on any atom is -0.454 e. The lowest BCUT2D eigenvalue weighted by Crippen LogP contribution is -2.40. The number of fused-ring (bicyclic) bond motifs is 1. The van der Waals surface area contributed by atoms with E-state index in [9.17, 15) is 18.8 Å². The molecule has 1 saturated heterocycles. The number of carbonyl (C=O) groups is 1. The Kier molecular flexibility index (Phi) is 7.92. The monoisotopic (exact) mass is 616 g/mol. The molecule has 10 nitrogen and oxygen atoms in total. The van der Waals surface area contributed by atoms with E-state index in [1.807, 2.05) is 13.8 Å². The maximum absolute atomic E-state index is 15.5. The number of amides is 1. The highest BCUT2D eigenvalue weighted by Gasteiger charge is 2.42. The van der Waals surface area contributed by atoms with E-state index < -0.39 is 17.5 Å². The zero-order chi connectivity index (χ0) is 31.9. The largest absolute Gasteiger partial charge is 0.454 e. The van der Waals surface area contributed by atoms with Crippen molar-refractivity contribution in [1.82, 2.24) is 30.0 Å². The maximum Gasteiger partial charge on any atom is 0.264 e. The smallest absolute Gasteiger partial charge is 0.264 e. The molecular formula is C32H31F3N8O2. The average molecular weight is 617 g/mol. The molecule has 2 fully saturated rings. The molecule has 3 N–H and O–H groups in total. The fraction of sp³-hybridized carbons (Fsp3) is 0.344. The fourth-order valence-electron chi connectivity index (χ4n) is 5.89. The molecule has 232 valence electrons. The van der Waals surface area contributed by atoms with Crippen LogP contribution in [0.15, 0.2) is 54.4 Å². The first-order valence-corrected chi connectivity index (χ1v) is 14.7. The number of anilines is 1. The number of nitrogens with two attached hydrogens (primary N) is 1. The van der Waals surface area contributed by atoms with Gasteiger partial charge in [0.05, 0.1) is 18.0 Å². The van der Waals surface area contributed by atoms with Gasteiger partial charge in [0.15, 0.2) is 17.2 Å². The van der Waals surface area contributed by atoms with E-state index in [4.69, 9.17) is 10.5 Å². The Labute approximate surface area is 257 Å². The Bertz CT molecular complexity index is 1860. The number of hydrogen-bond acceptors (Lipinski definition) is 8. The highest BCUT2D eigenvalue weighted by molar-refractivity contribution is 5.99. The van der Waals surface area contributed by atoms with Crippen LogP contribution in [-0.2, 0) is 11.3 Å². The summed E-state index contributed by atoms with van der Waals surface area (Å²) in [6.07, 6.45) is 6.19. The van der Waals surface area contributed by atoms with Crippen LogP contribution < -0.4 is 15.8 Å². The summed E-state index contributed by atoms with van der Waals surface area (Å²) in [5.41, 5.74) is 6.58. The normalized spacial score (nSPS) is 17.6. The van der Waals surface area contributed by atoms with Crippen molar-refractivity contribution in [3.63, 3.8) is 0 Å². The number of likely N-dealkylation sites (tertiary alicyclic amines) is 1. The number of nitrogen functional groups attached to an aromatic ring is 1. The zero-order valence-electron chi connectivity index (χ0n) is 24.7. The lowest BCUT2D eigenvalue weighted by Gasteiger charge is -2.25. The minimum atomic E-state index is -1.19. The Morgan fingerprint density at radius 1 is 1.22 bits per heavy atom. The number of carbonyl (C=O) groups excluding carboxylic acids is 1. The Morgan fingerprint density at radius 3 is 2.73 bits per heavy atom. The van der Waals surface area contributed by atoms with E-state index in [2.05, 4.69) is 26.5 Å². The summed E-state index contributed by atoms with van der Waals surface area (Å²) < 4.78 is 50.2. The van der Waals surface area contributed by atoms with Gasteiger partial charge in [0.25, 0.3) is 5.91 Å². The van der Waals surface area contributed by atoms with E-state index in [0.717, 1.165) is 31.4 Å². The second kappa shape index (κ2) is 11.9. The van der Waals surface area contributed by atoms with Crippen LogP contribution in [0.2, 0.25) is 0 Å². The first-order chi connectivity index (χ1) is 21.6. The van der Waals surface area contributed by atoms with Gasteiger partial charge in [-0.2, -0.15) is 14.8 Å². The first-order valence-electron chi connectivity index (χ1n) is 14.7. The molecule has 0 unspecified atom stereocenters. The zero-order valence-corrected chi connectivity index (χ0v) is 24.7. The topological polar surface area (TPSA) is 135 Å². The molecule has 0 spiro atoms. The van der Waals surface area contributed by atoms with Crippen molar-refractivity contribution in [2.75, 3.05) is 12.3 Å². The van der Waals surface area contributed by atoms with Gasteiger partial charge in [-0.3, -0.25) is 4.79 Å². The van der Waals surface area contributed by atoms with Crippen LogP contribution in [0.5, 0.6) is 11.5 Å². The van der Waals surface area contributed by atoms with E-state index in [0.29, 0.717) is 24.0 Å². The van der Waals surface area contributed by atoms with Crippen LogP contribution >= 0.6 is 0 Å². The third-order valence-electron chi connectivity index (χ3n) is 8.06. The molecule has 1 atom stereocenters. The number of nitriles is 1. The predicted octanol–water partition coefficient (Wildman–Crippen LogP) is 5.26. The van der Waals surface area contributed by atoms with Crippen molar-refractivity contribution >= 4 is 22.8 Å². The Hall–Kier alpha value is -4.96. The molecule has 3 heterocycles. The van der Waals surface area contributed by atoms with Crippen LogP contribution in [0.25, 0.3) is 22.3 Å². The quantitative estimate of drug-likeness (QED) is 0.192. The second-order valence-corrected chi connectivity index (χ2v) is 11.7. The Balaban J connectivity index is 1.29. The molecule has 0 bridgehead atoms. The van der Waals surface area contributed by atoms with Gasteiger partial charge in [-0.1, -0.05) is 19.9 Å². The van der Waals surface area contributed by atoms with Gasteiger partial charge in [-0.25, -0.2) is 23.4 Å². The molecule has 0 radical (unpaired) electrons. The highest BCUT2D eigenvalue weighted by atomic mass is 19.2. The van der Waals surface area contributed by atoms with Crippen LogP contribution in [0.1, 0.15) is 39.5 Å². The summed E-state index contributed by atoms with van der Waals surface area (Å²) in [4.78, 5) is 23.7. The number of ether oxygens (including phenoxy) is 1. The maximum atomic E-state index is 15.5. The van der Waals surface area contributed by atoms with Gasteiger partial charge >= 0.3 is 0 Å². The van der Waals surface area contributed by atoms with Gasteiger partial charge in [0.1, 0.15) is 41.0 Å². The molecule has 4 aromatic rings. The van der Waals surface area contributed by atoms with Gasteiger partial charge in [0, 0.05) is 29.8 Å². The molecule has 13 heteroatoms. The highest BCUT2D eigenvalue weighted by Crippen LogP contribution is 2.39. The van der Waals surface area contributed by atoms with Crippen LogP contribution in [-0.4, -0.2) is 54.7 Å². The molecular weight excluding hydrogens is 585 g/mol. The molecule has 1 aliphatic carbocycles. The number of rotatable bonds is 9. The summed E-state index contributed by atoms with van der Waals surface area (Å²) in [6.45, 7) is 4.77. The molecule has 45 heavy (non-hydrogen) atoms. The van der Waals surface area contributed by atoms with Crippen LogP contribution in [0.3, 0.4) is 0 Å². The number of benzene rings is 2. The second-order valence-electron chi connectivity index (χ2n) is 11.7. The summed E-state index contributed by atoms with van der Waals surface area (Å²) in [7, 11) is 0. The van der Waals surface area contributed by atoms with Gasteiger partial charge < -0.3 is 20.7 Å². The molecule has 2 aromatic heterocycles. The van der Waals surface area contributed by atoms with E-state index in [-0.39, 0.29) is 64.2 Å². The number of aromatic nitrogens is 4. The SMILES string of the molecule is CC(C)NC1(/C=C(\C#N)C(=O)N2CCC[C@@H]2Cn2nc(-c3ccc(Oc4cccc(F)c4F)cc3F)c3c(N)ncnc32)CC1. The minimum absolute atomic E-state index is 0.0493. The van der Waals surface area contributed by atoms with Crippen molar-refractivity contribution in [3.05, 3.63) is 71.8 Å². The summed E-state index contributed by atoms with van der Waals surface area (Å²) in [6, 6.07) is 9.33. The van der Waals surface area contributed by atoms with Crippen LogP contribution in [0, 0.1) is 28.8 Å². The van der Waals surface area contributed by atoms with Gasteiger partial charge in [0.2, 0.25) is 5.82 Å². The standard InChI is InChI=1S/C32H31F3N8O2/c1-18(2)40-32(10-11-32)14-19(15-36)31(44)42-12-4-5-20(42)16-43-30-26(29(37)38-17-39-30)28(41-43)22-9-8-21(13-24(22)34)45-25-7-3-6-23(33)27(25)35/h3,6-9,13-14,17-18,20,40H,4-5,10-12,16H2,1-2H3,(H2,37,38,39)/b19-14+/t20-/m1/s1. The number of nitrogens with one attached hydrogen (secondary N) is 1. The first kappa shape index (κ1) is 30.1. The van der Waals surface area contributed by atoms with Gasteiger partial charge in [-0.15, -0.1) is 0 Å². The van der Waals surface area contributed by atoms with Crippen molar-refractivity contribution in [3.8, 4) is 28.8 Å². The molecule has 2 aromatic carbocycles. The van der Waals surface area contributed by atoms with Crippen molar-refractivity contribution in [2.24, 2.45) is 0 Å². The number of hydrogen-bond donors (Lipinski definition) is 2. The average Bonchev–Trinajstić information content (AvgIpc) is 3.41. The van der Waals surface area contributed by atoms with E-state index in [1.54, 1.807) is 15.7 Å². The molecule has 6 rings (SSSR count). The summed E-state index contributed by atoms with van der Waals surface area (Å²) in [5, 5.41) is 18.3. The molecule has 1 aliphatic heterocycles. The van der Waals surface area contributed by atoms with Crippen molar-refractivity contribution in [1.29, 1.82) is 5.26 Å². The van der Waals surface area contributed by atoms with Crippen molar-refractivity contribution < 1.29 is 22.7 Å². The summed E-state index contributed by atoms with van der Waals surface area (Å²) in [5.74, 6) is -3.70. The third kappa shape index (κ3) is 5.93. The molecule has 1 amide bonds.